The quantitative estimate of drug-likeness (QED) is 0.663. The van der Waals surface area contributed by atoms with Gasteiger partial charge in [0.15, 0.2) is 12.4 Å². The Balaban J connectivity index is 2.12. The zero-order valence-electron chi connectivity index (χ0n) is 13.5. The van der Waals surface area contributed by atoms with Gasteiger partial charge >= 0.3 is 5.97 Å². The van der Waals surface area contributed by atoms with E-state index in [0.717, 1.165) is 0 Å². The molecule has 9 nitrogen and oxygen atoms in total. The maximum atomic E-state index is 11.6. The summed E-state index contributed by atoms with van der Waals surface area (Å²) in [5.41, 5.74) is 6.16. The summed E-state index contributed by atoms with van der Waals surface area (Å²) in [6, 6.07) is 3.06. The Morgan fingerprint density at radius 3 is 2.80 bits per heavy atom. The molecule has 0 radical (unpaired) electrons. The molecule has 0 bridgehead atoms. The molecule has 1 amide bonds. The van der Waals surface area contributed by atoms with Crippen LogP contribution in [-0.2, 0) is 14.3 Å². The Morgan fingerprint density at radius 2 is 2.12 bits per heavy atom. The first-order valence-electron chi connectivity index (χ1n) is 7.09. The Bertz CT molecular complexity index is 799. The van der Waals surface area contributed by atoms with E-state index in [-0.39, 0.29) is 22.4 Å². The maximum absolute atomic E-state index is 11.6. The highest BCUT2D eigenvalue weighted by molar-refractivity contribution is 6.35. The average Bonchev–Trinajstić information content (AvgIpc) is 2.56. The topological polar surface area (TPSA) is 128 Å². The van der Waals surface area contributed by atoms with Crippen molar-refractivity contribution in [3.8, 4) is 11.5 Å². The van der Waals surface area contributed by atoms with Gasteiger partial charge in [0.05, 0.1) is 11.9 Å². The van der Waals surface area contributed by atoms with E-state index in [1.54, 1.807) is 13.1 Å². The predicted molar refractivity (Wildman–Crippen MR) is 92.8 cm³/mol. The number of pyridine rings is 2. The molecule has 132 valence electrons. The van der Waals surface area contributed by atoms with Gasteiger partial charge in [0.2, 0.25) is 0 Å². The number of rotatable bonds is 6. The lowest BCUT2D eigenvalue weighted by molar-refractivity contribution is -0.144. The number of nitrogen functional groups attached to an aromatic ring is 1. The lowest BCUT2D eigenvalue weighted by atomic mass is 10.3. The highest BCUT2D eigenvalue weighted by Gasteiger charge is 2.13. The Hall–Kier alpha value is -3.07. The highest BCUT2D eigenvalue weighted by Crippen LogP contribution is 2.37. The fourth-order valence-corrected chi connectivity index (χ4v) is 2.09. The SMILES string of the molecule is CNc1c(N)ncc(Oc2ccnc(NC(=O)COC(C)=O)c2)c1Cl. The minimum atomic E-state index is -0.550. The summed E-state index contributed by atoms with van der Waals surface area (Å²) in [4.78, 5) is 30.3. The monoisotopic (exact) mass is 365 g/mol. The van der Waals surface area contributed by atoms with Gasteiger partial charge in [-0.05, 0) is 6.07 Å². The summed E-state index contributed by atoms with van der Waals surface area (Å²) in [7, 11) is 1.66. The number of nitrogens with one attached hydrogen (secondary N) is 2. The van der Waals surface area contributed by atoms with Crippen molar-refractivity contribution in [2.75, 3.05) is 30.0 Å². The van der Waals surface area contributed by atoms with E-state index >= 15 is 0 Å². The largest absolute Gasteiger partial charge is 0.456 e. The molecule has 0 aromatic carbocycles. The van der Waals surface area contributed by atoms with Crippen LogP contribution in [0, 0.1) is 0 Å². The molecule has 0 aliphatic rings. The van der Waals surface area contributed by atoms with Crippen LogP contribution >= 0.6 is 11.6 Å². The number of esters is 1. The minimum absolute atomic E-state index is 0.225. The second-order valence-corrected chi connectivity index (χ2v) is 5.13. The number of ether oxygens (including phenoxy) is 2. The summed E-state index contributed by atoms with van der Waals surface area (Å²) in [6.45, 7) is 0.811. The normalized spacial score (nSPS) is 10.0. The van der Waals surface area contributed by atoms with Crippen molar-refractivity contribution in [1.29, 1.82) is 0 Å². The van der Waals surface area contributed by atoms with Crippen LogP contribution in [0.4, 0.5) is 17.3 Å². The van der Waals surface area contributed by atoms with Crippen LogP contribution < -0.4 is 21.1 Å². The van der Waals surface area contributed by atoms with Crippen LogP contribution in [0.2, 0.25) is 5.02 Å². The van der Waals surface area contributed by atoms with Crippen molar-refractivity contribution in [2.24, 2.45) is 0 Å². The molecule has 2 rings (SSSR count). The van der Waals surface area contributed by atoms with Crippen LogP contribution in [0.25, 0.3) is 0 Å². The number of carbonyl (C=O) groups is 2. The van der Waals surface area contributed by atoms with Crippen LogP contribution in [0.3, 0.4) is 0 Å². The van der Waals surface area contributed by atoms with Gasteiger partial charge in [-0.1, -0.05) is 11.6 Å². The molecule has 2 aromatic heterocycles. The molecule has 0 fully saturated rings. The third-order valence-corrected chi connectivity index (χ3v) is 3.27. The van der Waals surface area contributed by atoms with E-state index in [0.29, 0.717) is 11.4 Å². The molecule has 0 saturated heterocycles. The van der Waals surface area contributed by atoms with Crippen LogP contribution in [0.5, 0.6) is 11.5 Å². The molecule has 0 spiro atoms. The first-order chi connectivity index (χ1) is 11.9. The molecule has 2 aromatic rings. The van der Waals surface area contributed by atoms with E-state index in [9.17, 15) is 9.59 Å². The smallest absolute Gasteiger partial charge is 0.303 e. The third-order valence-electron chi connectivity index (χ3n) is 2.90. The van der Waals surface area contributed by atoms with Gasteiger partial charge in [0.25, 0.3) is 5.91 Å². The van der Waals surface area contributed by atoms with Gasteiger partial charge in [-0.2, -0.15) is 0 Å². The number of nitrogens with zero attached hydrogens (tertiary/aromatic N) is 2. The van der Waals surface area contributed by atoms with Gasteiger partial charge in [-0.3, -0.25) is 9.59 Å². The third kappa shape index (κ3) is 4.95. The summed E-state index contributed by atoms with van der Waals surface area (Å²) in [5, 5.41) is 5.59. The summed E-state index contributed by atoms with van der Waals surface area (Å²) in [6.07, 6.45) is 2.83. The van der Waals surface area contributed by atoms with E-state index in [1.807, 2.05) is 0 Å². The first-order valence-corrected chi connectivity index (χ1v) is 7.47. The van der Waals surface area contributed by atoms with Gasteiger partial charge in [-0.15, -0.1) is 0 Å². The summed E-state index contributed by atoms with van der Waals surface area (Å²) in [5.74, 6) is 0.0449. The number of carbonyl (C=O) groups excluding carboxylic acids is 2. The van der Waals surface area contributed by atoms with Gasteiger partial charge in [-0.25, -0.2) is 9.97 Å². The fourth-order valence-electron chi connectivity index (χ4n) is 1.81. The van der Waals surface area contributed by atoms with Gasteiger partial charge in [0, 0.05) is 26.2 Å². The zero-order chi connectivity index (χ0) is 18.4. The number of anilines is 3. The molecular weight excluding hydrogens is 350 g/mol. The van der Waals surface area contributed by atoms with Gasteiger partial charge in [0.1, 0.15) is 22.4 Å². The predicted octanol–water partition coefficient (Wildman–Crippen LogP) is 2.05. The highest BCUT2D eigenvalue weighted by atomic mass is 35.5. The molecule has 0 aliphatic carbocycles. The van der Waals surface area contributed by atoms with Crippen molar-refractivity contribution in [3.63, 3.8) is 0 Å². The van der Waals surface area contributed by atoms with Crippen molar-refractivity contribution < 1.29 is 19.1 Å². The van der Waals surface area contributed by atoms with Crippen LogP contribution in [0.1, 0.15) is 6.92 Å². The standard InChI is InChI=1S/C15H16ClN5O4/c1-8(22)24-7-12(23)21-11-5-9(3-4-19-11)25-10-6-20-15(17)14(18-2)13(10)16/h3-6,18H,7H2,1-2H3,(H2,17,20)(H,19,21,23). The molecule has 0 aliphatic heterocycles. The summed E-state index contributed by atoms with van der Waals surface area (Å²) >= 11 is 6.22. The number of hydrogen-bond donors (Lipinski definition) is 3. The number of halogens is 1. The zero-order valence-corrected chi connectivity index (χ0v) is 14.3. The van der Waals surface area contributed by atoms with Gasteiger partial charge < -0.3 is 25.8 Å². The molecule has 0 saturated carbocycles. The first kappa shape index (κ1) is 18.3. The molecule has 10 heteroatoms. The summed E-state index contributed by atoms with van der Waals surface area (Å²) < 4.78 is 10.3. The number of hydrogen-bond acceptors (Lipinski definition) is 8. The van der Waals surface area contributed by atoms with Crippen molar-refractivity contribution in [1.82, 2.24) is 9.97 Å². The molecule has 4 N–H and O–H groups in total. The minimum Gasteiger partial charge on any atom is -0.456 e. The second kappa shape index (κ2) is 8.15. The molecule has 0 unspecified atom stereocenters. The number of nitrogens with two attached hydrogens (primary N) is 1. The molecule has 25 heavy (non-hydrogen) atoms. The Kier molecular flexibility index (Phi) is 5.96. The molecule has 2 heterocycles. The average molecular weight is 366 g/mol. The van der Waals surface area contributed by atoms with E-state index in [4.69, 9.17) is 22.1 Å². The van der Waals surface area contributed by atoms with Crippen molar-refractivity contribution in [3.05, 3.63) is 29.5 Å². The number of amides is 1. The Morgan fingerprint density at radius 1 is 1.36 bits per heavy atom. The lowest BCUT2D eigenvalue weighted by Crippen LogP contribution is -2.20. The maximum Gasteiger partial charge on any atom is 0.303 e. The second-order valence-electron chi connectivity index (χ2n) is 4.75. The van der Waals surface area contributed by atoms with Crippen molar-refractivity contribution in [2.45, 2.75) is 6.92 Å². The Labute approximate surface area is 148 Å². The van der Waals surface area contributed by atoms with E-state index in [1.165, 1.54) is 25.4 Å². The fraction of sp³-hybridized carbons (Fsp3) is 0.200. The van der Waals surface area contributed by atoms with E-state index in [2.05, 4.69) is 25.3 Å². The molecule has 0 atom stereocenters. The molecular formula is C15H16ClN5O4. The van der Waals surface area contributed by atoms with Crippen molar-refractivity contribution >= 4 is 40.8 Å². The number of aromatic nitrogens is 2. The van der Waals surface area contributed by atoms with Crippen LogP contribution in [0.15, 0.2) is 24.5 Å². The van der Waals surface area contributed by atoms with E-state index < -0.39 is 18.5 Å². The lowest BCUT2D eigenvalue weighted by Gasteiger charge is -2.12. The van der Waals surface area contributed by atoms with Crippen LogP contribution in [-0.4, -0.2) is 35.5 Å².